The molecule has 2 aliphatic rings. The van der Waals surface area contributed by atoms with Crippen LogP contribution in [-0.2, 0) is 24.2 Å². The average molecular weight is 444 g/mol. The number of nitro groups is 1. The number of benzene rings is 1. The van der Waals surface area contributed by atoms with E-state index in [-0.39, 0.29) is 24.0 Å². The number of carbonyl (C=O) groups is 1. The second-order valence-electron chi connectivity index (χ2n) is 9.11. The Hall–Kier alpha value is -3.30. The maximum absolute atomic E-state index is 12.5. The fourth-order valence-electron chi connectivity index (χ4n) is 3.83. The molecule has 0 radical (unpaired) electrons. The van der Waals surface area contributed by atoms with Crippen molar-refractivity contribution in [3.8, 4) is 11.8 Å². The highest BCUT2D eigenvalue weighted by Gasteiger charge is 2.29. The monoisotopic (exact) mass is 444 g/mol. The zero-order valence-electron chi connectivity index (χ0n) is 18.6. The predicted octanol–water partition coefficient (Wildman–Crippen LogP) is 3.70. The molecule has 4 rings (SSSR count). The second-order valence-corrected chi connectivity index (χ2v) is 9.11. The van der Waals surface area contributed by atoms with Crippen molar-refractivity contribution in [1.82, 2.24) is 14.5 Å². The molecule has 0 fully saturated rings. The van der Waals surface area contributed by atoms with E-state index < -0.39 is 10.5 Å². The molecule has 0 aliphatic carbocycles. The van der Waals surface area contributed by atoms with E-state index >= 15 is 0 Å². The van der Waals surface area contributed by atoms with Gasteiger partial charge in [-0.15, -0.1) is 0 Å². The van der Waals surface area contributed by atoms with Gasteiger partial charge in [0.25, 0.3) is 0 Å². The molecule has 1 aromatic heterocycles. The van der Waals surface area contributed by atoms with Crippen LogP contribution in [0.4, 0.5) is 10.6 Å². The minimum Gasteiger partial charge on any atom is -0.490 e. The van der Waals surface area contributed by atoms with Gasteiger partial charge in [-0.05, 0) is 61.8 Å². The Morgan fingerprint density at radius 1 is 1.31 bits per heavy atom. The maximum Gasteiger partial charge on any atom is 0.414 e. The summed E-state index contributed by atoms with van der Waals surface area (Å²) in [4.78, 5) is 28.5. The number of hydrogen-bond acceptors (Lipinski definition) is 7. The number of imidazole rings is 1. The number of hydrogen-bond donors (Lipinski definition) is 0. The molecule has 0 spiro atoms. The van der Waals surface area contributed by atoms with Crippen LogP contribution in [0.2, 0.25) is 0 Å². The summed E-state index contributed by atoms with van der Waals surface area (Å²) in [6.45, 7) is 7.67. The van der Waals surface area contributed by atoms with Gasteiger partial charge in [-0.1, -0.05) is 6.07 Å². The molecule has 10 nitrogen and oxygen atoms in total. The summed E-state index contributed by atoms with van der Waals surface area (Å²) in [6, 6.07) is 6.15. The number of aromatic nitrogens is 2. The fourth-order valence-corrected chi connectivity index (χ4v) is 3.83. The van der Waals surface area contributed by atoms with Crippen molar-refractivity contribution in [2.45, 2.75) is 64.8 Å². The Labute approximate surface area is 186 Å². The third-order valence-electron chi connectivity index (χ3n) is 5.38. The van der Waals surface area contributed by atoms with Gasteiger partial charge in [0.1, 0.15) is 30.3 Å². The lowest BCUT2D eigenvalue weighted by atomic mass is 10.0. The molecule has 32 heavy (non-hydrogen) atoms. The summed E-state index contributed by atoms with van der Waals surface area (Å²) in [5, 5.41) is 10.9. The van der Waals surface area contributed by atoms with E-state index in [1.165, 1.54) is 6.20 Å². The Morgan fingerprint density at radius 3 is 2.88 bits per heavy atom. The number of ether oxygens (including phenoxy) is 3. The fraction of sp³-hybridized carbons (Fsp3) is 0.545. The molecule has 0 unspecified atom stereocenters. The van der Waals surface area contributed by atoms with Gasteiger partial charge in [-0.2, -0.15) is 0 Å². The van der Waals surface area contributed by atoms with Crippen LogP contribution in [-0.4, -0.2) is 50.3 Å². The molecule has 10 heteroatoms. The molecule has 172 valence electrons. The van der Waals surface area contributed by atoms with Crippen molar-refractivity contribution in [1.29, 1.82) is 0 Å². The molecule has 1 aromatic carbocycles. The van der Waals surface area contributed by atoms with Gasteiger partial charge in [0, 0.05) is 31.0 Å². The first kappa shape index (κ1) is 21.9. The first-order chi connectivity index (χ1) is 15.2. The quantitative estimate of drug-likeness (QED) is 0.522. The van der Waals surface area contributed by atoms with E-state index in [4.69, 9.17) is 14.2 Å². The molecule has 0 saturated heterocycles. The smallest absolute Gasteiger partial charge is 0.414 e. The Bertz CT molecular complexity index is 1010. The minimum absolute atomic E-state index is 0.215. The lowest BCUT2D eigenvalue weighted by Gasteiger charge is -2.26. The van der Waals surface area contributed by atoms with Crippen molar-refractivity contribution >= 4 is 11.9 Å². The first-order valence-electron chi connectivity index (χ1n) is 10.8. The topological polar surface area (TPSA) is 109 Å². The summed E-state index contributed by atoms with van der Waals surface area (Å²) in [5.41, 5.74) is 1.72. The number of rotatable bonds is 4. The Balaban J connectivity index is 1.36. The number of nitrogens with zero attached hydrogens (tertiary/aromatic N) is 4. The summed E-state index contributed by atoms with van der Waals surface area (Å²) in [5.74, 6) is 0.519. The van der Waals surface area contributed by atoms with E-state index in [1.807, 2.05) is 39.0 Å². The summed E-state index contributed by atoms with van der Waals surface area (Å²) in [6.07, 6.45) is 3.25. The van der Waals surface area contributed by atoms with Crippen LogP contribution in [0, 0.1) is 10.1 Å². The maximum atomic E-state index is 12.5. The predicted molar refractivity (Wildman–Crippen MR) is 115 cm³/mol. The van der Waals surface area contributed by atoms with Gasteiger partial charge >= 0.3 is 17.9 Å². The van der Waals surface area contributed by atoms with Gasteiger partial charge < -0.3 is 29.2 Å². The van der Waals surface area contributed by atoms with Crippen LogP contribution in [0.15, 0.2) is 24.4 Å². The Morgan fingerprint density at radius 2 is 2.12 bits per heavy atom. The van der Waals surface area contributed by atoms with Crippen LogP contribution in [0.25, 0.3) is 0 Å². The SMILES string of the molecule is CC(C)(C)OC(=O)N1CCCc2cc(OC[C@H]3CCn4cc([N+](=O)[O-])nc4O3)ccc2C1. The highest BCUT2D eigenvalue weighted by Crippen LogP contribution is 2.27. The molecule has 2 aliphatic heterocycles. The molecule has 0 N–H and O–H groups in total. The van der Waals surface area contributed by atoms with Crippen molar-refractivity contribution in [3.63, 3.8) is 0 Å². The van der Waals surface area contributed by atoms with Crippen LogP contribution in [0.3, 0.4) is 0 Å². The normalized spacial score (nSPS) is 18.1. The first-order valence-corrected chi connectivity index (χ1v) is 10.8. The van der Waals surface area contributed by atoms with E-state index in [2.05, 4.69) is 4.98 Å². The molecular formula is C22H28N4O6. The third-order valence-corrected chi connectivity index (χ3v) is 5.38. The zero-order valence-corrected chi connectivity index (χ0v) is 18.6. The van der Waals surface area contributed by atoms with Crippen LogP contribution < -0.4 is 9.47 Å². The van der Waals surface area contributed by atoms with Gasteiger partial charge in [0.15, 0.2) is 0 Å². The Kier molecular flexibility index (Phi) is 5.94. The van der Waals surface area contributed by atoms with E-state index in [9.17, 15) is 14.9 Å². The largest absolute Gasteiger partial charge is 0.490 e. The minimum atomic E-state index is -0.528. The summed E-state index contributed by atoms with van der Waals surface area (Å²) < 4.78 is 18.9. The standard InChI is InChI=1S/C22H28N4O6/c1-22(2,3)32-21(27)25-9-4-5-15-11-17(7-6-16(15)12-25)30-14-18-8-10-24-13-19(26(28)29)23-20(24)31-18/h6-7,11,13,18H,4-5,8-10,12,14H2,1-3H3/t18-/m1/s1. The van der Waals surface area contributed by atoms with Crippen molar-refractivity contribution in [2.75, 3.05) is 13.2 Å². The molecule has 0 bridgehead atoms. The van der Waals surface area contributed by atoms with E-state index in [0.717, 1.165) is 29.7 Å². The molecule has 2 aromatic rings. The van der Waals surface area contributed by atoms with Crippen LogP contribution in [0.1, 0.15) is 44.7 Å². The van der Waals surface area contributed by atoms with E-state index in [1.54, 1.807) is 9.47 Å². The molecule has 1 atom stereocenters. The number of carbonyl (C=O) groups excluding carboxylic acids is 1. The highest BCUT2D eigenvalue weighted by molar-refractivity contribution is 5.68. The lowest BCUT2D eigenvalue weighted by Crippen LogP contribution is -2.36. The van der Waals surface area contributed by atoms with Gasteiger partial charge in [-0.3, -0.25) is 4.57 Å². The number of amides is 1. The van der Waals surface area contributed by atoms with E-state index in [0.29, 0.717) is 32.7 Å². The number of fused-ring (bicyclic) bond motifs is 2. The van der Waals surface area contributed by atoms with Crippen LogP contribution >= 0.6 is 0 Å². The van der Waals surface area contributed by atoms with Gasteiger partial charge in [0.2, 0.25) is 0 Å². The van der Waals surface area contributed by atoms with Crippen LogP contribution in [0.5, 0.6) is 11.8 Å². The average Bonchev–Trinajstić information content (AvgIpc) is 3.03. The lowest BCUT2D eigenvalue weighted by molar-refractivity contribution is -0.389. The molecular weight excluding hydrogens is 416 g/mol. The molecule has 0 saturated carbocycles. The number of aryl methyl sites for hydroxylation is 2. The molecule has 3 heterocycles. The van der Waals surface area contributed by atoms with Crippen molar-refractivity contribution < 1.29 is 23.9 Å². The van der Waals surface area contributed by atoms with Crippen molar-refractivity contribution in [2.24, 2.45) is 0 Å². The van der Waals surface area contributed by atoms with Gasteiger partial charge in [-0.25, -0.2) is 4.79 Å². The second kappa shape index (κ2) is 8.68. The summed E-state index contributed by atoms with van der Waals surface area (Å²) >= 11 is 0. The molecule has 1 amide bonds. The summed E-state index contributed by atoms with van der Waals surface area (Å²) in [7, 11) is 0. The third kappa shape index (κ3) is 5.12. The van der Waals surface area contributed by atoms with Gasteiger partial charge in [0.05, 0.1) is 0 Å². The van der Waals surface area contributed by atoms with Crippen molar-refractivity contribution in [3.05, 3.63) is 45.6 Å². The zero-order chi connectivity index (χ0) is 22.9. The highest BCUT2D eigenvalue weighted by atomic mass is 16.6.